The number of carbonyl (C=O) groups excluding carboxylic acids is 1. The molecular weight excluding hydrogens is 330 g/mol. The van der Waals surface area contributed by atoms with Crippen LogP contribution in [-0.4, -0.2) is 63.5 Å². The van der Waals surface area contributed by atoms with Crippen molar-refractivity contribution < 1.29 is 4.79 Å². The number of hydrogen-bond acceptors (Lipinski definition) is 7. The molecule has 8 heteroatoms. The third-order valence-electron chi connectivity index (χ3n) is 4.36. The molecule has 1 fully saturated rings. The van der Waals surface area contributed by atoms with Gasteiger partial charge in [-0.2, -0.15) is 0 Å². The molecule has 0 unspecified atom stereocenters. The summed E-state index contributed by atoms with van der Waals surface area (Å²) in [5.74, 6) is 1.25. The van der Waals surface area contributed by atoms with E-state index in [4.69, 9.17) is 0 Å². The summed E-state index contributed by atoms with van der Waals surface area (Å²) in [5.41, 5.74) is 0.522. The van der Waals surface area contributed by atoms with Crippen molar-refractivity contribution in [3.05, 3.63) is 36.4 Å². The van der Waals surface area contributed by atoms with Gasteiger partial charge in [-0.15, -0.1) is 0 Å². The second kappa shape index (κ2) is 9.07. The first-order chi connectivity index (χ1) is 12.8. The maximum Gasteiger partial charge on any atom is 0.257 e. The maximum atomic E-state index is 12.6. The van der Waals surface area contributed by atoms with Gasteiger partial charge in [0.05, 0.1) is 5.56 Å². The highest BCUT2D eigenvalue weighted by Gasteiger charge is 2.23. The summed E-state index contributed by atoms with van der Waals surface area (Å²) in [6.45, 7) is 5.72. The Balaban J connectivity index is 1.50. The molecule has 0 spiro atoms. The van der Waals surface area contributed by atoms with Gasteiger partial charge in [-0.3, -0.25) is 4.79 Å². The molecule has 0 atom stereocenters. The van der Waals surface area contributed by atoms with E-state index in [1.54, 1.807) is 30.9 Å². The van der Waals surface area contributed by atoms with Gasteiger partial charge in [0.15, 0.2) is 0 Å². The minimum Gasteiger partial charge on any atom is -0.354 e. The smallest absolute Gasteiger partial charge is 0.257 e. The quantitative estimate of drug-likeness (QED) is 0.758. The lowest BCUT2D eigenvalue weighted by Gasteiger charge is -2.34. The monoisotopic (exact) mass is 355 g/mol. The second-order valence-corrected chi connectivity index (χ2v) is 6.26. The molecule has 3 heterocycles. The Morgan fingerprint density at radius 2 is 1.73 bits per heavy atom. The number of nitrogens with one attached hydrogen (secondary N) is 1. The number of nitrogens with zero attached hydrogens (tertiary/aromatic N) is 6. The summed E-state index contributed by atoms with van der Waals surface area (Å²) in [5, 5.41) is 3.18. The Morgan fingerprint density at radius 3 is 2.38 bits per heavy atom. The molecule has 1 aliphatic rings. The minimum absolute atomic E-state index is 0.0313. The predicted octanol–water partition coefficient (Wildman–Crippen LogP) is 1.83. The van der Waals surface area contributed by atoms with E-state index in [1.807, 2.05) is 4.90 Å². The Morgan fingerprint density at radius 1 is 1.04 bits per heavy atom. The van der Waals surface area contributed by atoms with Crippen molar-refractivity contribution in [2.75, 3.05) is 42.9 Å². The normalized spacial score (nSPS) is 14.3. The SMILES string of the molecule is CCCCCNc1ncc(C(=O)N2CCN(c3ncccn3)CC2)cn1. The van der Waals surface area contributed by atoms with Gasteiger partial charge >= 0.3 is 0 Å². The van der Waals surface area contributed by atoms with Gasteiger partial charge in [-0.25, -0.2) is 19.9 Å². The molecule has 1 N–H and O–H groups in total. The Labute approximate surface area is 153 Å². The van der Waals surface area contributed by atoms with E-state index < -0.39 is 0 Å². The van der Waals surface area contributed by atoms with E-state index in [9.17, 15) is 4.79 Å². The van der Waals surface area contributed by atoms with Crippen LogP contribution in [0.3, 0.4) is 0 Å². The number of rotatable bonds is 7. The number of aromatic nitrogens is 4. The largest absolute Gasteiger partial charge is 0.354 e. The molecule has 1 amide bonds. The van der Waals surface area contributed by atoms with E-state index >= 15 is 0 Å². The molecular formula is C18H25N7O. The summed E-state index contributed by atoms with van der Waals surface area (Å²) in [6.07, 6.45) is 10.1. The van der Waals surface area contributed by atoms with Gasteiger partial charge in [0.25, 0.3) is 5.91 Å². The lowest BCUT2D eigenvalue weighted by molar-refractivity contribution is 0.0745. The molecule has 3 rings (SSSR count). The van der Waals surface area contributed by atoms with Crippen LogP contribution in [0.5, 0.6) is 0 Å². The predicted molar refractivity (Wildman–Crippen MR) is 100 cm³/mol. The molecule has 2 aromatic heterocycles. The van der Waals surface area contributed by atoms with Crippen LogP contribution < -0.4 is 10.2 Å². The number of unbranched alkanes of at least 4 members (excludes halogenated alkanes) is 2. The molecule has 26 heavy (non-hydrogen) atoms. The zero-order valence-corrected chi connectivity index (χ0v) is 15.1. The first-order valence-corrected chi connectivity index (χ1v) is 9.15. The summed E-state index contributed by atoms with van der Waals surface area (Å²) in [6, 6.07) is 1.80. The second-order valence-electron chi connectivity index (χ2n) is 6.26. The number of piperazine rings is 1. The van der Waals surface area contributed by atoms with E-state index in [2.05, 4.69) is 37.1 Å². The van der Waals surface area contributed by atoms with Crippen LogP contribution in [0.1, 0.15) is 36.5 Å². The van der Waals surface area contributed by atoms with E-state index in [1.165, 1.54) is 12.8 Å². The molecule has 0 bridgehead atoms. The Bertz CT molecular complexity index is 684. The lowest BCUT2D eigenvalue weighted by Crippen LogP contribution is -2.49. The zero-order chi connectivity index (χ0) is 18.2. The van der Waals surface area contributed by atoms with E-state index in [0.717, 1.165) is 13.0 Å². The summed E-state index contributed by atoms with van der Waals surface area (Å²) < 4.78 is 0. The molecule has 0 aliphatic carbocycles. The van der Waals surface area contributed by atoms with Crippen molar-refractivity contribution in [3.8, 4) is 0 Å². The molecule has 1 saturated heterocycles. The average molecular weight is 355 g/mol. The molecule has 0 saturated carbocycles. The standard InChI is InChI=1S/C18H25N7O/c1-2-3-4-6-19-17-22-13-15(14-23-17)16(26)24-9-11-25(12-10-24)18-20-7-5-8-21-18/h5,7-8,13-14H,2-4,6,9-12H2,1H3,(H,19,22,23). The zero-order valence-electron chi connectivity index (χ0n) is 15.1. The molecule has 8 nitrogen and oxygen atoms in total. The highest BCUT2D eigenvalue weighted by Crippen LogP contribution is 2.12. The van der Waals surface area contributed by atoms with Gasteiger partial charge in [-0.1, -0.05) is 19.8 Å². The van der Waals surface area contributed by atoms with Crippen LogP contribution in [0, 0.1) is 0 Å². The number of carbonyl (C=O) groups is 1. The Hall–Kier alpha value is -2.77. The number of amides is 1. The van der Waals surface area contributed by atoms with Crippen molar-refractivity contribution in [2.45, 2.75) is 26.2 Å². The van der Waals surface area contributed by atoms with Crippen LogP contribution in [0.4, 0.5) is 11.9 Å². The fourth-order valence-corrected chi connectivity index (χ4v) is 2.85. The molecule has 138 valence electrons. The van der Waals surface area contributed by atoms with Crippen molar-refractivity contribution in [3.63, 3.8) is 0 Å². The average Bonchev–Trinajstić information content (AvgIpc) is 2.72. The first kappa shape index (κ1) is 18.0. The Kier molecular flexibility index (Phi) is 6.29. The molecule has 1 aliphatic heterocycles. The van der Waals surface area contributed by atoms with Gasteiger partial charge in [0.2, 0.25) is 11.9 Å². The van der Waals surface area contributed by atoms with E-state index in [0.29, 0.717) is 43.6 Å². The summed E-state index contributed by atoms with van der Waals surface area (Å²) in [7, 11) is 0. The van der Waals surface area contributed by atoms with Crippen LogP contribution in [0.15, 0.2) is 30.9 Å². The van der Waals surface area contributed by atoms with Crippen molar-refractivity contribution >= 4 is 17.8 Å². The van der Waals surface area contributed by atoms with Gasteiger partial charge in [-0.05, 0) is 12.5 Å². The van der Waals surface area contributed by atoms with Gasteiger partial charge < -0.3 is 15.1 Å². The van der Waals surface area contributed by atoms with Crippen LogP contribution in [0.25, 0.3) is 0 Å². The number of anilines is 2. The third kappa shape index (κ3) is 4.65. The van der Waals surface area contributed by atoms with Gasteiger partial charge in [0, 0.05) is 57.5 Å². The topological polar surface area (TPSA) is 87.1 Å². The highest BCUT2D eigenvalue weighted by molar-refractivity contribution is 5.93. The molecule has 0 aromatic carbocycles. The number of hydrogen-bond donors (Lipinski definition) is 1. The maximum absolute atomic E-state index is 12.6. The highest BCUT2D eigenvalue weighted by atomic mass is 16.2. The van der Waals surface area contributed by atoms with Crippen LogP contribution in [-0.2, 0) is 0 Å². The van der Waals surface area contributed by atoms with E-state index in [-0.39, 0.29) is 5.91 Å². The summed E-state index contributed by atoms with van der Waals surface area (Å²) in [4.78, 5) is 33.6. The van der Waals surface area contributed by atoms with Gasteiger partial charge in [0.1, 0.15) is 0 Å². The fourth-order valence-electron chi connectivity index (χ4n) is 2.85. The molecule has 2 aromatic rings. The fraction of sp³-hybridized carbons (Fsp3) is 0.500. The summed E-state index contributed by atoms with van der Waals surface area (Å²) >= 11 is 0. The van der Waals surface area contributed by atoms with Crippen LogP contribution in [0.2, 0.25) is 0 Å². The van der Waals surface area contributed by atoms with Crippen molar-refractivity contribution in [1.82, 2.24) is 24.8 Å². The van der Waals surface area contributed by atoms with Crippen LogP contribution >= 0.6 is 0 Å². The third-order valence-corrected chi connectivity index (χ3v) is 4.36. The molecule has 0 radical (unpaired) electrons. The first-order valence-electron chi connectivity index (χ1n) is 9.15. The van der Waals surface area contributed by atoms with Crippen molar-refractivity contribution in [2.24, 2.45) is 0 Å². The minimum atomic E-state index is -0.0313. The lowest BCUT2D eigenvalue weighted by atomic mass is 10.2. The van der Waals surface area contributed by atoms with Crippen molar-refractivity contribution in [1.29, 1.82) is 0 Å².